The third-order valence-corrected chi connectivity index (χ3v) is 4.48. The van der Waals surface area contributed by atoms with Gasteiger partial charge in [0.25, 0.3) is 0 Å². The van der Waals surface area contributed by atoms with E-state index < -0.39 is 0 Å². The minimum absolute atomic E-state index is 0.711. The van der Waals surface area contributed by atoms with Gasteiger partial charge in [-0.1, -0.05) is 0 Å². The smallest absolute Gasteiger partial charge is 0.133 e. The number of thiazole rings is 1. The van der Waals surface area contributed by atoms with E-state index in [0.717, 1.165) is 30.3 Å². The molecule has 0 spiro atoms. The van der Waals surface area contributed by atoms with Crippen molar-refractivity contribution in [2.24, 2.45) is 0 Å². The van der Waals surface area contributed by atoms with Gasteiger partial charge in [-0.25, -0.2) is 9.97 Å². The lowest BCUT2D eigenvalue weighted by Crippen LogP contribution is -2.24. The molecule has 1 fully saturated rings. The van der Waals surface area contributed by atoms with E-state index in [0.29, 0.717) is 6.04 Å². The number of anilines is 1. The van der Waals surface area contributed by atoms with E-state index in [1.807, 2.05) is 5.51 Å². The molecule has 3 rings (SSSR count). The Bertz CT molecular complexity index is 605. The fourth-order valence-electron chi connectivity index (χ4n) is 2.55. The second kappa shape index (κ2) is 6.12. The molecule has 1 aliphatic rings. The molecule has 0 aliphatic heterocycles. The van der Waals surface area contributed by atoms with Gasteiger partial charge in [0, 0.05) is 36.3 Å². The van der Waals surface area contributed by atoms with Crippen LogP contribution in [0.5, 0.6) is 0 Å². The molecular weight excluding hydrogens is 280 g/mol. The van der Waals surface area contributed by atoms with Gasteiger partial charge < -0.3 is 10.2 Å². The van der Waals surface area contributed by atoms with Gasteiger partial charge in [-0.05, 0) is 38.3 Å². The molecule has 1 aliphatic carbocycles. The van der Waals surface area contributed by atoms with Crippen LogP contribution in [0.15, 0.2) is 17.0 Å². The first-order chi connectivity index (χ1) is 10.1. The van der Waals surface area contributed by atoms with Gasteiger partial charge in [-0.15, -0.1) is 11.3 Å². The number of nitrogens with zero attached hydrogens (tertiary/aromatic N) is 3. The van der Waals surface area contributed by atoms with Crippen LogP contribution in [0, 0.1) is 13.8 Å². The molecule has 0 amide bonds. The number of aryl methyl sites for hydroxylation is 2. The summed E-state index contributed by atoms with van der Waals surface area (Å²) in [4.78, 5) is 11.4. The van der Waals surface area contributed by atoms with E-state index >= 15 is 0 Å². The molecule has 2 heterocycles. The molecule has 5 heteroatoms. The summed E-state index contributed by atoms with van der Waals surface area (Å²) in [6.45, 7) is 5.94. The van der Waals surface area contributed by atoms with Gasteiger partial charge >= 0.3 is 0 Å². The minimum Gasteiger partial charge on any atom is -0.353 e. The van der Waals surface area contributed by atoms with Crippen molar-refractivity contribution < 1.29 is 0 Å². The van der Waals surface area contributed by atoms with Gasteiger partial charge in [0.15, 0.2) is 0 Å². The summed E-state index contributed by atoms with van der Waals surface area (Å²) in [5.41, 5.74) is 6.68. The van der Waals surface area contributed by atoms with Gasteiger partial charge in [0.2, 0.25) is 0 Å². The molecule has 0 saturated heterocycles. The molecule has 0 aromatic carbocycles. The summed E-state index contributed by atoms with van der Waals surface area (Å²) in [5, 5.41) is 5.71. The molecule has 0 atom stereocenters. The van der Waals surface area contributed by atoms with E-state index in [1.54, 1.807) is 11.3 Å². The third kappa shape index (κ3) is 3.60. The predicted octanol–water partition coefficient (Wildman–Crippen LogP) is 3.04. The van der Waals surface area contributed by atoms with Crippen LogP contribution >= 0.6 is 11.3 Å². The zero-order valence-electron chi connectivity index (χ0n) is 12.9. The van der Waals surface area contributed by atoms with Crippen molar-refractivity contribution in [2.75, 3.05) is 11.9 Å². The van der Waals surface area contributed by atoms with Crippen LogP contribution < -0.4 is 10.2 Å². The summed E-state index contributed by atoms with van der Waals surface area (Å²) in [6.07, 6.45) is 2.62. The normalized spacial score (nSPS) is 14.4. The monoisotopic (exact) mass is 302 g/mol. The Morgan fingerprint density at radius 2 is 2.19 bits per heavy atom. The largest absolute Gasteiger partial charge is 0.353 e. The van der Waals surface area contributed by atoms with Crippen LogP contribution in [-0.2, 0) is 13.1 Å². The molecule has 4 nitrogen and oxygen atoms in total. The van der Waals surface area contributed by atoms with Gasteiger partial charge in [0.1, 0.15) is 5.82 Å². The number of rotatable bonds is 6. The molecule has 0 unspecified atom stereocenters. The summed E-state index contributed by atoms with van der Waals surface area (Å²) < 4.78 is 0. The number of nitrogens with one attached hydrogen (secondary N) is 1. The Morgan fingerprint density at radius 3 is 2.86 bits per heavy atom. The highest BCUT2D eigenvalue weighted by atomic mass is 32.1. The van der Waals surface area contributed by atoms with Crippen molar-refractivity contribution in [2.45, 2.75) is 45.8 Å². The fourth-order valence-corrected chi connectivity index (χ4v) is 3.09. The number of hydrogen-bond donors (Lipinski definition) is 1. The van der Waals surface area contributed by atoms with Crippen molar-refractivity contribution in [3.05, 3.63) is 39.5 Å². The summed E-state index contributed by atoms with van der Waals surface area (Å²) in [5.74, 6) is 1.08. The Kier molecular flexibility index (Phi) is 4.22. The lowest BCUT2D eigenvalue weighted by atomic mass is 10.1. The quantitative estimate of drug-likeness (QED) is 0.890. The highest BCUT2D eigenvalue weighted by Gasteiger charge is 2.22. The average Bonchev–Trinajstić information content (AvgIpc) is 3.13. The molecule has 1 N–H and O–H groups in total. The van der Waals surface area contributed by atoms with Gasteiger partial charge in [-0.3, -0.25) is 0 Å². The zero-order chi connectivity index (χ0) is 14.8. The Balaban J connectivity index is 1.83. The number of hydrogen-bond acceptors (Lipinski definition) is 5. The zero-order valence-corrected chi connectivity index (χ0v) is 13.7. The fraction of sp³-hybridized carbons (Fsp3) is 0.500. The molecule has 0 radical (unpaired) electrons. The minimum atomic E-state index is 0.711. The van der Waals surface area contributed by atoms with Crippen LogP contribution in [0.3, 0.4) is 0 Å². The predicted molar refractivity (Wildman–Crippen MR) is 87.8 cm³/mol. The first-order valence-electron chi connectivity index (χ1n) is 7.42. The van der Waals surface area contributed by atoms with Crippen molar-refractivity contribution in [3.63, 3.8) is 0 Å². The molecule has 1 saturated carbocycles. The van der Waals surface area contributed by atoms with Crippen LogP contribution in [0.25, 0.3) is 0 Å². The summed E-state index contributed by atoms with van der Waals surface area (Å²) in [6, 6.07) is 2.88. The van der Waals surface area contributed by atoms with Gasteiger partial charge in [0.05, 0.1) is 17.7 Å². The van der Waals surface area contributed by atoms with Crippen LogP contribution in [-0.4, -0.2) is 23.1 Å². The second-order valence-corrected chi connectivity index (χ2v) is 6.59. The molecule has 2 aromatic rings. The van der Waals surface area contributed by atoms with Crippen molar-refractivity contribution in [1.29, 1.82) is 0 Å². The van der Waals surface area contributed by atoms with Crippen molar-refractivity contribution in [3.8, 4) is 0 Å². The molecule has 2 aromatic heterocycles. The Labute approximate surface area is 130 Å². The van der Waals surface area contributed by atoms with Crippen LogP contribution in [0.4, 0.5) is 5.82 Å². The van der Waals surface area contributed by atoms with Crippen molar-refractivity contribution in [1.82, 2.24) is 15.3 Å². The maximum absolute atomic E-state index is 4.77. The second-order valence-electron chi connectivity index (χ2n) is 5.87. The molecule has 21 heavy (non-hydrogen) atoms. The SMILES string of the molecule is Cc1cc(C)c(CNC2CC2)c(N(C)Cc2cscn2)n1. The highest BCUT2D eigenvalue weighted by molar-refractivity contribution is 7.07. The van der Waals surface area contributed by atoms with Crippen LogP contribution in [0.2, 0.25) is 0 Å². The standard InChI is InChI=1S/C16H22N4S/c1-11-6-12(2)19-16(15(11)7-17-13-4-5-13)20(3)8-14-9-21-10-18-14/h6,9-10,13,17H,4-5,7-8H2,1-3H3. The first-order valence-corrected chi connectivity index (χ1v) is 8.36. The molecule has 0 bridgehead atoms. The highest BCUT2D eigenvalue weighted by Crippen LogP contribution is 2.25. The first kappa shape index (κ1) is 14.5. The lowest BCUT2D eigenvalue weighted by molar-refractivity contribution is 0.679. The molecular formula is C16H22N4S. The van der Waals surface area contributed by atoms with E-state index in [9.17, 15) is 0 Å². The van der Waals surface area contributed by atoms with Crippen LogP contribution in [0.1, 0.15) is 35.4 Å². The topological polar surface area (TPSA) is 41.0 Å². The summed E-state index contributed by atoms with van der Waals surface area (Å²) >= 11 is 1.64. The third-order valence-electron chi connectivity index (χ3n) is 3.84. The number of pyridine rings is 1. The van der Waals surface area contributed by atoms with E-state index in [1.165, 1.54) is 24.0 Å². The Morgan fingerprint density at radius 1 is 1.38 bits per heavy atom. The van der Waals surface area contributed by atoms with E-state index in [-0.39, 0.29) is 0 Å². The maximum atomic E-state index is 4.77. The van der Waals surface area contributed by atoms with E-state index in [2.05, 4.69) is 47.5 Å². The lowest BCUT2D eigenvalue weighted by Gasteiger charge is -2.23. The Hall–Kier alpha value is -1.46. The average molecular weight is 302 g/mol. The maximum Gasteiger partial charge on any atom is 0.133 e. The number of aromatic nitrogens is 2. The van der Waals surface area contributed by atoms with Crippen molar-refractivity contribution >= 4 is 17.2 Å². The molecule has 112 valence electrons. The van der Waals surface area contributed by atoms with Gasteiger partial charge in [-0.2, -0.15) is 0 Å². The van der Waals surface area contributed by atoms with E-state index in [4.69, 9.17) is 4.98 Å². The summed E-state index contributed by atoms with van der Waals surface area (Å²) in [7, 11) is 2.10.